The van der Waals surface area contributed by atoms with E-state index >= 15 is 0 Å². The summed E-state index contributed by atoms with van der Waals surface area (Å²) in [5, 5.41) is 16.4. The van der Waals surface area contributed by atoms with Crippen molar-refractivity contribution in [2.75, 3.05) is 16.4 Å². The van der Waals surface area contributed by atoms with E-state index in [0.717, 1.165) is 10.2 Å². The summed E-state index contributed by atoms with van der Waals surface area (Å²) in [4.78, 5) is 39.4. The first-order chi connectivity index (χ1) is 15.5. The topological polar surface area (TPSA) is 114 Å². The van der Waals surface area contributed by atoms with Crippen LogP contribution in [-0.4, -0.2) is 27.5 Å². The molecule has 0 aliphatic carbocycles. The molecule has 2 amide bonds. The van der Waals surface area contributed by atoms with E-state index in [-0.39, 0.29) is 23.3 Å². The number of carbonyl (C=O) groups is 2. The number of nitro groups is 1. The number of anilines is 2. The van der Waals surface area contributed by atoms with Crippen LogP contribution >= 0.6 is 23.1 Å². The van der Waals surface area contributed by atoms with Crippen LogP contribution in [-0.2, 0) is 4.79 Å². The van der Waals surface area contributed by atoms with Gasteiger partial charge in [0.15, 0.2) is 4.34 Å². The number of carbonyl (C=O) groups excluding carboxylic acids is 2. The number of thioether (sulfide) groups is 1. The fourth-order valence-corrected chi connectivity index (χ4v) is 4.77. The lowest BCUT2D eigenvalue weighted by atomic mass is 10.2. The van der Waals surface area contributed by atoms with Crippen LogP contribution in [0.4, 0.5) is 17.1 Å². The maximum absolute atomic E-state index is 12.3. The fraction of sp³-hybridized carbons (Fsp3) is 0.0455. The first kappa shape index (κ1) is 21.5. The van der Waals surface area contributed by atoms with Crippen LogP contribution in [0, 0.1) is 10.1 Å². The summed E-state index contributed by atoms with van der Waals surface area (Å²) in [6.07, 6.45) is 0. The van der Waals surface area contributed by atoms with Gasteiger partial charge in [-0.2, -0.15) is 0 Å². The molecule has 0 radical (unpaired) electrons. The molecule has 4 rings (SSSR count). The second kappa shape index (κ2) is 9.58. The second-order valence-electron chi connectivity index (χ2n) is 6.63. The van der Waals surface area contributed by atoms with Gasteiger partial charge in [0.05, 0.1) is 20.9 Å². The zero-order valence-electron chi connectivity index (χ0n) is 16.5. The van der Waals surface area contributed by atoms with Gasteiger partial charge < -0.3 is 10.6 Å². The maximum atomic E-state index is 12.3. The van der Waals surface area contributed by atoms with Crippen LogP contribution in [0.15, 0.2) is 77.1 Å². The highest BCUT2D eigenvalue weighted by Crippen LogP contribution is 2.31. The second-order valence-corrected chi connectivity index (χ2v) is 8.88. The van der Waals surface area contributed by atoms with Crippen molar-refractivity contribution in [2.45, 2.75) is 4.34 Å². The predicted molar refractivity (Wildman–Crippen MR) is 126 cm³/mol. The molecule has 1 heterocycles. The lowest BCUT2D eigenvalue weighted by molar-refractivity contribution is -0.384. The van der Waals surface area contributed by atoms with Gasteiger partial charge in [-0.15, -0.1) is 11.3 Å². The van der Waals surface area contributed by atoms with Gasteiger partial charge in [0, 0.05) is 29.1 Å². The van der Waals surface area contributed by atoms with E-state index in [0.29, 0.717) is 21.3 Å². The smallest absolute Gasteiger partial charge is 0.271 e. The zero-order chi connectivity index (χ0) is 22.5. The van der Waals surface area contributed by atoms with Crippen molar-refractivity contribution in [3.63, 3.8) is 0 Å². The van der Waals surface area contributed by atoms with Gasteiger partial charge in [-0.3, -0.25) is 19.7 Å². The van der Waals surface area contributed by atoms with Crippen LogP contribution < -0.4 is 10.6 Å². The third-order valence-electron chi connectivity index (χ3n) is 4.33. The minimum absolute atomic E-state index is 0.0863. The number of nitrogens with one attached hydrogen (secondary N) is 2. The summed E-state index contributed by atoms with van der Waals surface area (Å²) in [7, 11) is 0. The quantitative estimate of drug-likeness (QED) is 0.221. The van der Waals surface area contributed by atoms with Gasteiger partial charge >= 0.3 is 0 Å². The van der Waals surface area contributed by atoms with E-state index in [1.807, 2.05) is 18.2 Å². The lowest BCUT2D eigenvalue weighted by Gasteiger charge is -2.04. The largest absolute Gasteiger partial charge is 0.325 e. The molecule has 0 atom stereocenters. The number of amides is 2. The van der Waals surface area contributed by atoms with E-state index in [1.54, 1.807) is 36.4 Å². The molecule has 0 spiro atoms. The standard InChI is InChI=1S/C22H16N4O4S2/c27-20(23-15-7-4-8-17(11-15)26(29)30)13-31-22-25-18-10-9-16(12-19(18)32-22)24-21(28)14-5-2-1-3-6-14/h1-12H,13H2,(H,23,27)(H,24,28). The van der Waals surface area contributed by atoms with Crippen molar-refractivity contribution in [2.24, 2.45) is 0 Å². The van der Waals surface area contributed by atoms with Gasteiger partial charge in [0.25, 0.3) is 11.6 Å². The van der Waals surface area contributed by atoms with Gasteiger partial charge in [0.2, 0.25) is 5.91 Å². The number of benzene rings is 3. The molecule has 0 fully saturated rings. The van der Waals surface area contributed by atoms with Crippen LogP contribution in [0.2, 0.25) is 0 Å². The molecule has 0 aliphatic rings. The van der Waals surface area contributed by atoms with Crippen LogP contribution in [0.5, 0.6) is 0 Å². The Bertz CT molecular complexity index is 1310. The van der Waals surface area contributed by atoms with Crippen molar-refractivity contribution in [1.29, 1.82) is 0 Å². The highest BCUT2D eigenvalue weighted by molar-refractivity contribution is 8.01. The molecule has 0 aliphatic heterocycles. The van der Waals surface area contributed by atoms with Crippen molar-refractivity contribution in [3.8, 4) is 0 Å². The van der Waals surface area contributed by atoms with Crippen LogP contribution in [0.3, 0.4) is 0 Å². The number of hydrogen-bond acceptors (Lipinski definition) is 7. The normalized spacial score (nSPS) is 10.6. The van der Waals surface area contributed by atoms with E-state index in [9.17, 15) is 19.7 Å². The number of aromatic nitrogens is 1. The third-order valence-corrected chi connectivity index (χ3v) is 6.49. The van der Waals surface area contributed by atoms with E-state index in [1.165, 1.54) is 41.3 Å². The van der Waals surface area contributed by atoms with Gasteiger partial charge in [0.1, 0.15) is 0 Å². The Labute approximate surface area is 190 Å². The van der Waals surface area contributed by atoms with Crippen molar-refractivity contribution < 1.29 is 14.5 Å². The van der Waals surface area contributed by atoms with Gasteiger partial charge in [-0.1, -0.05) is 36.0 Å². The number of nitro benzene ring substituents is 1. The SMILES string of the molecule is O=C(CSc1nc2ccc(NC(=O)c3ccccc3)cc2s1)Nc1cccc([N+](=O)[O-])c1. The molecule has 2 N–H and O–H groups in total. The molecule has 0 unspecified atom stereocenters. The molecular weight excluding hydrogens is 448 g/mol. The van der Waals surface area contributed by atoms with E-state index < -0.39 is 4.92 Å². The molecule has 32 heavy (non-hydrogen) atoms. The van der Waals surface area contributed by atoms with E-state index in [2.05, 4.69) is 15.6 Å². The Kier molecular flexibility index (Phi) is 6.43. The Balaban J connectivity index is 1.37. The molecule has 0 bridgehead atoms. The van der Waals surface area contributed by atoms with Crippen LogP contribution in [0.1, 0.15) is 10.4 Å². The number of hydrogen-bond donors (Lipinski definition) is 2. The molecule has 4 aromatic rings. The number of nitrogens with zero attached hydrogens (tertiary/aromatic N) is 2. The van der Waals surface area contributed by atoms with Crippen molar-refractivity contribution in [1.82, 2.24) is 4.98 Å². The Morgan fingerprint density at radius 3 is 2.53 bits per heavy atom. The van der Waals surface area contributed by atoms with Gasteiger partial charge in [-0.25, -0.2) is 4.98 Å². The third kappa shape index (κ3) is 5.29. The highest BCUT2D eigenvalue weighted by atomic mass is 32.2. The fourth-order valence-electron chi connectivity index (χ4n) is 2.86. The average Bonchev–Trinajstić information content (AvgIpc) is 3.21. The monoisotopic (exact) mass is 464 g/mol. The Hall–Kier alpha value is -3.76. The summed E-state index contributed by atoms with van der Waals surface area (Å²) < 4.78 is 1.60. The average molecular weight is 465 g/mol. The summed E-state index contributed by atoms with van der Waals surface area (Å²) in [5.41, 5.74) is 2.29. The minimum atomic E-state index is -0.512. The Morgan fingerprint density at radius 2 is 1.75 bits per heavy atom. The predicted octanol–water partition coefficient (Wildman–Crippen LogP) is 5.19. The van der Waals surface area contributed by atoms with E-state index in [4.69, 9.17) is 0 Å². The lowest BCUT2D eigenvalue weighted by Crippen LogP contribution is -2.13. The summed E-state index contributed by atoms with van der Waals surface area (Å²) in [6, 6.07) is 20.2. The van der Waals surface area contributed by atoms with Crippen molar-refractivity contribution >= 4 is 62.2 Å². The molecule has 0 saturated carbocycles. The van der Waals surface area contributed by atoms with Crippen molar-refractivity contribution in [3.05, 3.63) is 88.5 Å². The molecule has 0 saturated heterocycles. The Morgan fingerprint density at radius 1 is 0.969 bits per heavy atom. The van der Waals surface area contributed by atoms with Crippen LogP contribution in [0.25, 0.3) is 10.2 Å². The summed E-state index contributed by atoms with van der Waals surface area (Å²) in [6.45, 7) is 0. The molecule has 1 aromatic heterocycles. The molecule has 10 heteroatoms. The minimum Gasteiger partial charge on any atom is -0.325 e. The number of non-ortho nitro benzene ring substituents is 1. The first-order valence-corrected chi connectivity index (χ1v) is 11.2. The number of fused-ring (bicyclic) bond motifs is 1. The first-order valence-electron chi connectivity index (χ1n) is 9.42. The number of rotatable bonds is 7. The zero-order valence-corrected chi connectivity index (χ0v) is 18.1. The molecular formula is C22H16N4O4S2. The maximum Gasteiger partial charge on any atom is 0.271 e. The van der Waals surface area contributed by atoms with Gasteiger partial charge in [-0.05, 0) is 36.4 Å². The highest BCUT2D eigenvalue weighted by Gasteiger charge is 2.12. The molecule has 3 aromatic carbocycles. The summed E-state index contributed by atoms with van der Waals surface area (Å²) >= 11 is 2.70. The molecule has 160 valence electrons. The molecule has 8 nitrogen and oxygen atoms in total. The summed E-state index contributed by atoms with van der Waals surface area (Å²) in [5.74, 6) is -0.368. The number of thiazole rings is 1.